The first-order valence-corrected chi connectivity index (χ1v) is 8.59. The van der Waals surface area contributed by atoms with Crippen molar-refractivity contribution in [2.75, 3.05) is 23.3 Å². The highest BCUT2D eigenvalue weighted by atomic mass is 16.1. The van der Waals surface area contributed by atoms with Crippen LogP contribution in [0.2, 0.25) is 0 Å². The van der Waals surface area contributed by atoms with Crippen molar-refractivity contribution in [3.63, 3.8) is 0 Å². The first kappa shape index (κ1) is 16.2. The van der Waals surface area contributed by atoms with Gasteiger partial charge in [0.15, 0.2) is 11.6 Å². The van der Waals surface area contributed by atoms with Crippen molar-refractivity contribution in [2.24, 2.45) is 5.92 Å². The van der Waals surface area contributed by atoms with Gasteiger partial charge in [-0.3, -0.25) is 9.78 Å². The number of hydrogen-bond acceptors (Lipinski definition) is 6. The summed E-state index contributed by atoms with van der Waals surface area (Å²) in [7, 11) is 0. The maximum Gasteiger partial charge on any atom is 0.229 e. The molecule has 132 valence electrons. The molecule has 1 N–H and O–H groups in total. The van der Waals surface area contributed by atoms with E-state index in [4.69, 9.17) is 0 Å². The van der Waals surface area contributed by atoms with E-state index in [1.807, 2.05) is 24.4 Å². The van der Waals surface area contributed by atoms with E-state index in [1.54, 1.807) is 35.4 Å². The lowest BCUT2D eigenvalue weighted by Gasteiger charge is -2.32. The van der Waals surface area contributed by atoms with E-state index in [0.29, 0.717) is 12.4 Å². The highest BCUT2D eigenvalue weighted by Crippen LogP contribution is 2.22. The molecule has 0 aliphatic carbocycles. The second-order valence-corrected chi connectivity index (χ2v) is 6.21. The molecule has 26 heavy (non-hydrogen) atoms. The van der Waals surface area contributed by atoms with Crippen molar-refractivity contribution in [3.05, 3.63) is 55.1 Å². The third kappa shape index (κ3) is 3.53. The number of nitrogens with one attached hydrogen (secondary N) is 1. The molecule has 0 saturated carbocycles. The predicted octanol–water partition coefficient (Wildman–Crippen LogP) is 1.91. The lowest BCUT2D eigenvalue weighted by molar-refractivity contribution is -0.120. The number of carbonyl (C=O) groups excluding carboxylic acids is 1. The second-order valence-electron chi connectivity index (χ2n) is 6.21. The van der Waals surface area contributed by atoms with Crippen LogP contribution in [0, 0.1) is 5.92 Å². The highest BCUT2D eigenvalue weighted by Gasteiger charge is 2.26. The number of hydrogen-bond donors (Lipinski definition) is 1. The minimum Gasteiger partial charge on any atom is -0.354 e. The van der Waals surface area contributed by atoms with Crippen LogP contribution in [0.5, 0.6) is 0 Å². The molecule has 1 amide bonds. The predicted molar refractivity (Wildman–Crippen MR) is 97.0 cm³/mol. The van der Waals surface area contributed by atoms with E-state index < -0.39 is 0 Å². The van der Waals surface area contributed by atoms with Crippen LogP contribution in [0.3, 0.4) is 0 Å². The monoisotopic (exact) mass is 349 g/mol. The van der Waals surface area contributed by atoms with Crippen LogP contribution in [0.1, 0.15) is 12.8 Å². The summed E-state index contributed by atoms with van der Waals surface area (Å²) in [6.45, 7) is 1.50. The summed E-state index contributed by atoms with van der Waals surface area (Å²) in [5.74, 6) is 1.40. The average Bonchev–Trinajstić information content (AvgIpc) is 3.24. The van der Waals surface area contributed by atoms with Gasteiger partial charge >= 0.3 is 0 Å². The first-order valence-electron chi connectivity index (χ1n) is 8.59. The van der Waals surface area contributed by atoms with Crippen LogP contribution < -0.4 is 10.2 Å². The molecule has 3 aromatic heterocycles. The number of pyridine rings is 1. The Hall–Kier alpha value is -3.29. The third-order valence-electron chi connectivity index (χ3n) is 4.44. The lowest BCUT2D eigenvalue weighted by atomic mass is 9.97. The third-order valence-corrected chi connectivity index (χ3v) is 4.44. The van der Waals surface area contributed by atoms with Gasteiger partial charge in [-0.05, 0) is 43.2 Å². The topological polar surface area (TPSA) is 88.8 Å². The molecule has 1 unspecified atom stereocenters. The Kier molecular flexibility index (Phi) is 4.55. The van der Waals surface area contributed by atoms with Crippen molar-refractivity contribution in [1.29, 1.82) is 0 Å². The average molecular weight is 349 g/mol. The Morgan fingerprint density at radius 3 is 2.62 bits per heavy atom. The number of rotatable bonds is 4. The number of aromatic nitrogens is 5. The molecule has 8 heteroatoms. The molecule has 1 aliphatic heterocycles. The van der Waals surface area contributed by atoms with Gasteiger partial charge in [0.2, 0.25) is 5.91 Å². The molecule has 0 aromatic carbocycles. The molecular weight excluding hydrogens is 330 g/mol. The number of carbonyl (C=O) groups is 1. The van der Waals surface area contributed by atoms with Crippen LogP contribution in [-0.4, -0.2) is 44.0 Å². The molecule has 4 heterocycles. The van der Waals surface area contributed by atoms with Crippen molar-refractivity contribution in [3.8, 4) is 5.82 Å². The van der Waals surface area contributed by atoms with E-state index >= 15 is 0 Å². The summed E-state index contributed by atoms with van der Waals surface area (Å²) in [4.78, 5) is 18.6. The molecule has 0 radical (unpaired) electrons. The number of nitrogens with zero attached hydrogens (tertiary/aromatic N) is 6. The molecule has 4 rings (SSSR count). The van der Waals surface area contributed by atoms with Gasteiger partial charge in [0, 0.05) is 43.6 Å². The minimum atomic E-state index is -0.0792. The Balaban J connectivity index is 1.42. The first-order chi connectivity index (χ1) is 12.8. The zero-order valence-corrected chi connectivity index (χ0v) is 14.2. The number of anilines is 2. The van der Waals surface area contributed by atoms with Crippen LogP contribution in [0.4, 0.5) is 11.5 Å². The summed E-state index contributed by atoms with van der Waals surface area (Å²) in [5.41, 5.74) is 0.769. The summed E-state index contributed by atoms with van der Waals surface area (Å²) in [6.07, 6.45) is 8.67. The molecule has 1 aliphatic rings. The Morgan fingerprint density at radius 2 is 1.88 bits per heavy atom. The minimum absolute atomic E-state index is 0.0296. The molecule has 8 nitrogen and oxygen atoms in total. The van der Waals surface area contributed by atoms with Gasteiger partial charge in [-0.1, -0.05) is 0 Å². The number of amides is 1. The van der Waals surface area contributed by atoms with Crippen molar-refractivity contribution in [2.45, 2.75) is 12.8 Å². The zero-order chi connectivity index (χ0) is 17.8. The van der Waals surface area contributed by atoms with E-state index in [9.17, 15) is 4.79 Å². The van der Waals surface area contributed by atoms with Gasteiger partial charge < -0.3 is 10.2 Å². The van der Waals surface area contributed by atoms with Gasteiger partial charge in [0.25, 0.3) is 0 Å². The maximum atomic E-state index is 12.5. The van der Waals surface area contributed by atoms with Crippen LogP contribution in [0.15, 0.2) is 55.1 Å². The van der Waals surface area contributed by atoms with E-state index in [0.717, 1.165) is 30.9 Å². The quantitative estimate of drug-likeness (QED) is 0.774. The summed E-state index contributed by atoms with van der Waals surface area (Å²) in [5, 5.41) is 15.7. The molecular formula is C18H19N7O. The molecule has 3 aromatic rings. The number of piperidine rings is 1. The maximum absolute atomic E-state index is 12.5. The van der Waals surface area contributed by atoms with E-state index in [-0.39, 0.29) is 11.8 Å². The zero-order valence-electron chi connectivity index (χ0n) is 14.2. The molecule has 1 saturated heterocycles. The van der Waals surface area contributed by atoms with Gasteiger partial charge in [0.1, 0.15) is 0 Å². The van der Waals surface area contributed by atoms with Crippen molar-refractivity contribution < 1.29 is 4.79 Å². The summed E-state index contributed by atoms with van der Waals surface area (Å²) < 4.78 is 1.66. The standard InChI is InChI=1S/C18H19N7O/c26-18(21-15-6-9-19-10-7-15)14-3-1-11-24(13-14)16-4-5-17(23-22-16)25-12-2-8-20-25/h2,4-10,12,14H,1,3,11,13H2,(H,19,21,26). The smallest absolute Gasteiger partial charge is 0.229 e. The molecule has 0 spiro atoms. The van der Waals surface area contributed by atoms with Crippen molar-refractivity contribution >= 4 is 17.4 Å². The van der Waals surface area contributed by atoms with Gasteiger partial charge in [0.05, 0.1) is 5.92 Å². The molecule has 0 bridgehead atoms. The van der Waals surface area contributed by atoms with E-state index in [1.165, 1.54) is 0 Å². The fraction of sp³-hybridized carbons (Fsp3) is 0.278. The lowest BCUT2D eigenvalue weighted by Crippen LogP contribution is -2.41. The molecule has 1 fully saturated rings. The highest BCUT2D eigenvalue weighted by molar-refractivity contribution is 5.92. The Labute approximate surface area is 150 Å². The summed E-state index contributed by atoms with van der Waals surface area (Å²) in [6, 6.07) is 9.23. The van der Waals surface area contributed by atoms with E-state index in [2.05, 4.69) is 30.5 Å². The van der Waals surface area contributed by atoms with Crippen molar-refractivity contribution in [1.82, 2.24) is 25.0 Å². The largest absolute Gasteiger partial charge is 0.354 e. The molecule has 1 atom stereocenters. The SMILES string of the molecule is O=C(Nc1ccncc1)C1CCCN(c2ccc(-n3cccn3)nn2)C1. The van der Waals surface area contributed by atoms with Crippen LogP contribution in [0.25, 0.3) is 5.82 Å². The van der Waals surface area contributed by atoms with Crippen LogP contribution in [-0.2, 0) is 4.79 Å². The van der Waals surface area contributed by atoms with Crippen LogP contribution >= 0.6 is 0 Å². The Bertz CT molecular complexity index is 849. The van der Waals surface area contributed by atoms with Gasteiger partial charge in [-0.2, -0.15) is 5.10 Å². The van der Waals surface area contributed by atoms with Gasteiger partial charge in [-0.25, -0.2) is 4.68 Å². The summed E-state index contributed by atoms with van der Waals surface area (Å²) >= 11 is 0. The fourth-order valence-corrected chi connectivity index (χ4v) is 3.09. The van der Waals surface area contributed by atoms with Gasteiger partial charge in [-0.15, -0.1) is 10.2 Å². The second kappa shape index (κ2) is 7.30. The Morgan fingerprint density at radius 1 is 1.08 bits per heavy atom. The fourth-order valence-electron chi connectivity index (χ4n) is 3.09. The normalized spacial score (nSPS) is 17.1.